The predicted octanol–water partition coefficient (Wildman–Crippen LogP) is 5.02. The summed E-state index contributed by atoms with van der Waals surface area (Å²) in [5.41, 5.74) is 4.36. The summed E-state index contributed by atoms with van der Waals surface area (Å²) < 4.78 is 2.13. The molecule has 0 radical (unpaired) electrons. The summed E-state index contributed by atoms with van der Waals surface area (Å²) in [6.45, 7) is 0. The van der Waals surface area contributed by atoms with Crippen LogP contribution in [0.5, 0.6) is 0 Å². The molecule has 4 rings (SSSR count). The Morgan fingerprint density at radius 1 is 1.00 bits per heavy atom. The van der Waals surface area contributed by atoms with Crippen LogP contribution in [0.4, 0.5) is 0 Å². The molecule has 1 unspecified atom stereocenters. The number of carbonyl (C=O) groups is 1. The van der Waals surface area contributed by atoms with Crippen LogP contribution in [0.3, 0.4) is 0 Å². The van der Waals surface area contributed by atoms with Gasteiger partial charge in [0.15, 0.2) is 0 Å². The first kappa shape index (κ1) is 17.0. The number of fused-ring (bicyclic) bond motifs is 1. The Balaban J connectivity index is 1.88. The SMILES string of the molecule is O=C(O)CCC(c1ccccc1)c1cn(-c2cccnc2)c2ccccc12. The highest BCUT2D eigenvalue weighted by molar-refractivity contribution is 5.86. The monoisotopic (exact) mass is 356 g/mol. The first-order valence-electron chi connectivity index (χ1n) is 9.01. The molecule has 2 aromatic carbocycles. The van der Waals surface area contributed by atoms with Gasteiger partial charge in [0, 0.05) is 30.1 Å². The van der Waals surface area contributed by atoms with E-state index in [2.05, 4.69) is 40.0 Å². The zero-order chi connectivity index (χ0) is 18.6. The third-order valence-electron chi connectivity index (χ3n) is 4.89. The maximum atomic E-state index is 11.2. The molecule has 0 amide bonds. The van der Waals surface area contributed by atoms with Gasteiger partial charge >= 0.3 is 5.97 Å². The highest BCUT2D eigenvalue weighted by atomic mass is 16.4. The number of aromatic nitrogens is 2. The second-order valence-corrected chi connectivity index (χ2v) is 6.58. The quantitative estimate of drug-likeness (QED) is 0.528. The highest BCUT2D eigenvalue weighted by Crippen LogP contribution is 2.36. The van der Waals surface area contributed by atoms with Crippen molar-refractivity contribution in [2.45, 2.75) is 18.8 Å². The van der Waals surface area contributed by atoms with E-state index >= 15 is 0 Å². The van der Waals surface area contributed by atoms with Crippen LogP contribution in [0.15, 0.2) is 85.3 Å². The smallest absolute Gasteiger partial charge is 0.303 e. The Hall–Kier alpha value is -3.40. The summed E-state index contributed by atoms with van der Waals surface area (Å²) in [5.74, 6) is -0.753. The van der Waals surface area contributed by atoms with Gasteiger partial charge in [-0.2, -0.15) is 0 Å². The molecule has 0 fully saturated rings. The van der Waals surface area contributed by atoms with Crippen molar-refractivity contribution in [1.29, 1.82) is 0 Å². The standard InChI is InChI=1S/C23H20N2O2/c26-23(27)13-12-19(17-7-2-1-3-8-17)21-16-25(18-9-6-14-24-15-18)22-11-5-4-10-20(21)22/h1-11,14-16,19H,12-13H2,(H,26,27). The minimum Gasteiger partial charge on any atom is -0.481 e. The lowest BCUT2D eigenvalue weighted by Crippen LogP contribution is -2.05. The first-order valence-corrected chi connectivity index (χ1v) is 9.01. The lowest BCUT2D eigenvalue weighted by molar-refractivity contribution is -0.137. The van der Waals surface area contributed by atoms with Crippen LogP contribution in [0.1, 0.15) is 29.9 Å². The molecule has 134 valence electrons. The number of benzene rings is 2. The Bertz CT molecular complexity index is 1060. The minimum atomic E-state index is -0.771. The molecule has 4 aromatic rings. The number of hydrogen-bond acceptors (Lipinski definition) is 2. The first-order chi connectivity index (χ1) is 13.2. The Labute approximate surface area is 157 Å². The van der Waals surface area contributed by atoms with E-state index in [1.54, 1.807) is 6.20 Å². The third-order valence-corrected chi connectivity index (χ3v) is 4.89. The van der Waals surface area contributed by atoms with Crippen LogP contribution < -0.4 is 0 Å². The van der Waals surface area contributed by atoms with Crippen molar-refractivity contribution in [3.05, 3.63) is 96.4 Å². The fraction of sp³-hybridized carbons (Fsp3) is 0.130. The van der Waals surface area contributed by atoms with Crippen LogP contribution in [-0.2, 0) is 4.79 Å². The van der Waals surface area contributed by atoms with Crippen molar-refractivity contribution in [1.82, 2.24) is 9.55 Å². The number of carboxylic acid groups (broad SMARTS) is 1. The second-order valence-electron chi connectivity index (χ2n) is 6.58. The van der Waals surface area contributed by atoms with Crippen LogP contribution in [0.2, 0.25) is 0 Å². The summed E-state index contributed by atoms with van der Waals surface area (Å²) in [6.07, 6.45) is 6.41. The zero-order valence-electron chi connectivity index (χ0n) is 14.8. The average molecular weight is 356 g/mol. The number of hydrogen-bond donors (Lipinski definition) is 1. The molecule has 0 spiro atoms. The average Bonchev–Trinajstić information content (AvgIpc) is 3.09. The second kappa shape index (κ2) is 7.46. The van der Waals surface area contributed by atoms with Gasteiger partial charge in [0.1, 0.15) is 0 Å². The molecule has 0 saturated heterocycles. The molecular weight excluding hydrogens is 336 g/mol. The fourth-order valence-electron chi connectivity index (χ4n) is 3.65. The van der Waals surface area contributed by atoms with E-state index in [1.165, 1.54) is 0 Å². The van der Waals surface area contributed by atoms with Gasteiger partial charge in [-0.05, 0) is 35.7 Å². The van der Waals surface area contributed by atoms with E-state index in [4.69, 9.17) is 0 Å². The van der Waals surface area contributed by atoms with Gasteiger partial charge in [-0.3, -0.25) is 9.78 Å². The molecule has 2 heterocycles. The highest BCUT2D eigenvalue weighted by Gasteiger charge is 2.21. The van der Waals surface area contributed by atoms with Crippen molar-refractivity contribution < 1.29 is 9.90 Å². The fourth-order valence-corrected chi connectivity index (χ4v) is 3.65. The number of aliphatic carboxylic acids is 1. The molecule has 0 aliphatic rings. The largest absolute Gasteiger partial charge is 0.481 e. The number of carboxylic acids is 1. The number of para-hydroxylation sites is 1. The maximum Gasteiger partial charge on any atom is 0.303 e. The number of pyridine rings is 1. The van der Waals surface area contributed by atoms with E-state index in [0.717, 1.165) is 27.7 Å². The van der Waals surface area contributed by atoms with Gasteiger partial charge in [0.25, 0.3) is 0 Å². The third kappa shape index (κ3) is 3.47. The minimum absolute atomic E-state index is 0.0186. The molecule has 4 nitrogen and oxygen atoms in total. The van der Waals surface area contributed by atoms with Crippen LogP contribution in [-0.4, -0.2) is 20.6 Å². The molecule has 1 N–H and O–H groups in total. The van der Waals surface area contributed by atoms with Gasteiger partial charge in [0.05, 0.1) is 17.4 Å². The Morgan fingerprint density at radius 3 is 2.52 bits per heavy atom. The molecule has 4 heteroatoms. The van der Waals surface area contributed by atoms with E-state index in [1.807, 2.05) is 48.7 Å². The number of nitrogens with zero attached hydrogens (tertiary/aromatic N) is 2. The van der Waals surface area contributed by atoms with Gasteiger partial charge in [-0.25, -0.2) is 0 Å². The van der Waals surface area contributed by atoms with E-state index in [-0.39, 0.29) is 12.3 Å². The summed E-state index contributed by atoms with van der Waals surface area (Å²) >= 11 is 0. The lowest BCUT2D eigenvalue weighted by Gasteiger charge is -2.16. The van der Waals surface area contributed by atoms with Gasteiger partial charge < -0.3 is 9.67 Å². The van der Waals surface area contributed by atoms with Gasteiger partial charge in [-0.15, -0.1) is 0 Å². The topological polar surface area (TPSA) is 55.1 Å². The normalized spacial score (nSPS) is 12.1. The van der Waals surface area contributed by atoms with E-state index < -0.39 is 5.97 Å². The summed E-state index contributed by atoms with van der Waals surface area (Å²) in [7, 11) is 0. The molecule has 0 bridgehead atoms. The van der Waals surface area contributed by atoms with E-state index in [0.29, 0.717) is 6.42 Å². The Kier molecular flexibility index (Phi) is 4.71. The molecular formula is C23H20N2O2. The van der Waals surface area contributed by atoms with E-state index in [9.17, 15) is 9.90 Å². The molecule has 1 atom stereocenters. The Morgan fingerprint density at radius 2 is 1.78 bits per heavy atom. The van der Waals surface area contributed by atoms with Crippen LogP contribution in [0.25, 0.3) is 16.6 Å². The van der Waals surface area contributed by atoms with Crippen molar-refractivity contribution in [3.63, 3.8) is 0 Å². The molecule has 27 heavy (non-hydrogen) atoms. The van der Waals surface area contributed by atoms with Crippen LogP contribution in [0, 0.1) is 0 Å². The molecule has 0 aliphatic carbocycles. The van der Waals surface area contributed by atoms with Crippen LogP contribution >= 0.6 is 0 Å². The molecule has 0 saturated carbocycles. The lowest BCUT2D eigenvalue weighted by atomic mass is 9.87. The van der Waals surface area contributed by atoms with Gasteiger partial charge in [-0.1, -0.05) is 48.5 Å². The summed E-state index contributed by atoms with van der Waals surface area (Å²) in [6, 6.07) is 22.3. The predicted molar refractivity (Wildman–Crippen MR) is 106 cm³/mol. The summed E-state index contributed by atoms with van der Waals surface area (Å²) in [5, 5.41) is 10.4. The molecule has 0 aliphatic heterocycles. The van der Waals surface area contributed by atoms with Crippen molar-refractivity contribution in [3.8, 4) is 5.69 Å². The van der Waals surface area contributed by atoms with Crippen molar-refractivity contribution >= 4 is 16.9 Å². The van der Waals surface area contributed by atoms with Gasteiger partial charge in [0.2, 0.25) is 0 Å². The van der Waals surface area contributed by atoms with Crippen molar-refractivity contribution in [2.24, 2.45) is 0 Å². The maximum absolute atomic E-state index is 11.2. The zero-order valence-corrected chi connectivity index (χ0v) is 14.8. The number of rotatable bonds is 6. The van der Waals surface area contributed by atoms with Crippen molar-refractivity contribution in [2.75, 3.05) is 0 Å². The molecule has 2 aromatic heterocycles. The summed E-state index contributed by atoms with van der Waals surface area (Å²) in [4.78, 5) is 15.5.